The van der Waals surface area contributed by atoms with Crippen molar-refractivity contribution in [3.05, 3.63) is 29.8 Å². The van der Waals surface area contributed by atoms with Gasteiger partial charge in [0.25, 0.3) is 5.91 Å². The van der Waals surface area contributed by atoms with Crippen LogP contribution in [0, 0.1) is 0 Å². The highest BCUT2D eigenvalue weighted by atomic mass is 16.5. The van der Waals surface area contributed by atoms with Gasteiger partial charge >= 0.3 is 5.97 Å². The summed E-state index contributed by atoms with van der Waals surface area (Å²) in [6, 6.07) is 6.62. The number of amides is 1. The molecule has 30 heavy (non-hydrogen) atoms. The second-order valence-electron chi connectivity index (χ2n) is 9.09. The monoisotopic (exact) mass is 421 g/mol. The summed E-state index contributed by atoms with van der Waals surface area (Å²) in [7, 11) is 5.92. The Morgan fingerprint density at radius 2 is 1.53 bits per heavy atom. The van der Waals surface area contributed by atoms with Crippen LogP contribution in [0.4, 0.5) is 0 Å². The molecule has 170 valence electrons. The number of rotatable bonds is 16. The molecule has 0 aromatic heterocycles. The molecule has 1 aromatic carbocycles. The van der Waals surface area contributed by atoms with Crippen molar-refractivity contribution < 1.29 is 23.9 Å². The molecule has 1 aromatic rings. The zero-order chi connectivity index (χ0) is 22.4. The lowest BCUT2D eigenvalue weighted by molar-refractivity contribution is -0.871. The minimum absolute atomic E-state index is 0.0962. The Hall–Kier alpha value is -2.08. The van der Waals surface area contributed by atoms with Gasteiger partial charge in [-0.1, -0.05) is 51.9 Å². The van der Waals surface area contributed by atoms with E-state index in [1.54, 1.807) is 24.3 Å². The van der Waals surface area contributed by atoms with Crippen molar-refractivity contribution in [2.45, 2.75) is 70.8 Å². The van der Waals surface area contributed by atoms with E-state index in [0.29, 0.717) is 23.2 Å². The first-order valence-electron chi connectivity index (χ1n) is 11.3. The van der Waals surface area contributed by atoms with Crippen LogP contribution in [-0.2, 0) is 4.79 Å². The van der Waals surface area contributed by atoms with Crippen molar-refractivity contribution in [2.24, 2.45) is 0 Å². The second kappa shape index (κ2) is 14.0. The van der Waals surface area contributed by atoms with Gasteiger partial charge in [-0.2, -0.15) is 0 Å². The smallest absolute Gasteiger partial charge is 0.305 e. The highest BCUT2D eigenvalue weighted by Crippen LogP contribution is 2.14. The van der Waals surface area contributed by atoms with Crippen LogP contribution in [0.15, 0.2) is 24.3 Å². The number of hydrogen-bond acceptors (Lipinski definition) is 3. The molecule has 0 radical (unpaired) electrons. The zero-order valence-electron chi connectivity index (χ0n) is 19.3. The maximum atomic E-state index is 12.5. The SMILES string of the molecule is CCCCCCCCCCOc1ccc(C(=O)N[C@H](CC(=O)O)C[N+](C)(C)C)cc1. The summed E-state index contributed by atoms with van der Waals surface area (Å²) >= 11 is 0. The molecule has 0 aliphatic rings. The molecule has 2 N–H and O–H groups in total. The fourth-order valence-electron chi connectivity index (χ4n) is 3.43. The lowest BCUT2D eigenvalue weighted by Gasteiger charge is -2.29. The number of carboxylic acids is 1. The average molecular weight is 422 g/mol. The van der Waals surface area contributed by atoms with Gasteiger partial charge in [0.1, 0.15) is 5.75 Å². The molecule has 0 saturated carbocycles. The summed E-state index contributed by atoms with van der Waals surface area (Å²) < 4.78 is 6.35. The highest BCUT2D eigenvalue weighted by molar-refractivity contribution is 5.94. The highest BCUT2D eigenvalue weighted by Gasteiger charge is 2.23. The quantitative estimate of drug-likeness (QED) is 0.305. The van der Waals surface area contributed by atoms with Crippen LogP contribution >= 0.6 is 0 Å². The zero-order valence-corrected chi connectivity index (χ0v) is 19.3. The van der Waals surface area contributed by atoms with Crippen LogP contribution in [0.5, 0.6) is 5.75 Å². The molecule has 0 bridgehead atoms. The van der Waals surface area contributed by atoms with E-state index in [1.165, 1.54) is 44.9 Å². The summed E-state index contributed by atoms with van der Waals surface area (Å²) in [6.45, 7) is 3.46. The Balaban J connectivity index is 2.37. The Kier molecular flexibility index (Phi) is 12.1. The van der Waals surface area contributed by atoms with E-state index >= 15 is 0 Å². The van der Waals surface area contributed by atoms with E-state index in [9.17, 15) is 9.59 Å². The molecule has 6 nitrogen and oxygen atoms in total. The van der Waals surface area contributed by atoms with Gasteiger partial charge in [-0.25, -0.2) is 0 Å². The predicted molar refractivity (Wildman–Crippen MR) is 121 cm³/mol. The van der Waals surface area contributed by atoms with Crippen LogP contribution in [0.25, 0.3) is 0 Å². The normalized spacial score (nSPS) is 12.4. The molecule has 0 saturated heterocycles. The largest absolute Gasteiger partial charge is 0.494 e. The van der Waals surface area contributed by atoms with E-state index in [1.807, 2.05) is 21.1 Å². The number of hydrogen-bond donors (Lipinski definition) is 2. The number of nitrogens with zero attached hydrogens (tertiary/aromatic N) is 1. The van der Waals surface area contributed by atoms with Gasteiger partial charge in [0.05, 0.1) is 46.8 Å². The van der Waals surface area contributed by atoms with Gasteiger partial charge in [-0.3, -0.25) is 9.59 Å². The molecular weight excluding hydrogens is 380 g/mol. The van der Waals surface area contributed by atoms with Gasteiger partial charge in [-0.05, 0) is 30.7 Å². The van der Waals surface area contributed by atoms with E-state index in [0.717, 1.165) is 12.2 Å². The summed E-state index contributed by atoms with van der Waals surface area (Å²) in [5.74, 6) is -0.425. The molecule has 0 unspecified atom stereocenters. The van der Waals surface area contributed by atoms with Crippen molar-refractivity contribution in [3.8, 4) is 5.75 Å². The third kappa shape index (κ3) is 12.5. The van der Waals surface area contributed by atoms with Crippen LogP contribution in [0.1, 0.15) is 75.1 Å². The standard InChI is InChI=1S/C24H40N2O4/c1-5-6-7-8-9-10-11-12-17-30-22-15-13-20(14-16-22)24(29)25-21(18-23(27)28)19-26(2,3)4/h13-16,21H,5-12,17-19H2,1-4H3,(H-,25,27,28,29)/p+1/t21-/m1/s1. The fraction of sp³-hybridized carbons (Fsp3) is 0.667. The van der Waals surface area contributed by atoms with Gasteiger partial charge in [0, 0.05) is 5.56 Å². The van der Waals surface area contributed by atoms with Crippen molar-refractivity contribution in [1.29, 1.82) is 0 Å². The number of nitrogens with one attached hydrogen (secondary N) is 1. The van der Waals surface area contributed by atoms with Gasteiger partial charge in [0.15, 0.2) is 0 Å². The van der Waals surface area contributed by atoms with Crippen LogP contribution < -0.4 is 10.1 Å². The Morgan fingerprint density at radius 3 is 2.07 bits per heavy atom. The maximum absolute atomic E-state index is 12.5. The van der Waals surface area contributed by atoms with Gasteiger partial charge < -0.3 is 19.6 Å². The van der Waals surface area contributed by atoms with Gasteiger partial charge in [0.2, 0.25) is 0 Å². The van der Waals surface area contributed by atoms with Crippen LogP contribution in [0.3, 0.4) is 0 Å². The fourth-order valence-corrected chi connectivity index (χ4v) is 3.43. The minimum Gasteiger partial charge on any atom is -0.494 e. The first kappa shape index (κ1) is 26.0. The molecule has 0 aliphatic carbocycles. The number of carbonyl (C=O) groups is 2. The number of quaternary nitrogens is 1. The van der Waals surface area contributed by atoms with Crippen LogP contribution in [-0.4, -0.2) is 61.8 Å². The van der Waals surface area contributed by atoms with E-state index < -0.39 is 12.0 Å². The number of unbranched alkanes of at least 4 members (excludes halogenated alkanes) is 7. The molecule has 0 heterocycles. The minimum atomic E-state index is -0.918. The predicted octanol–water partition coefficient (Wildman–Crippen LogP) is 4.49. The first-order chi connectivity index (χ1) is 14.2. The molecule has 6 heteroatoms. The summed E-state index contributed by atoms with van der Waals surface area (Å²) in [4.78, 5) is 23.6. The van der Waals surface area contributed by atoms with Crippen molar-refractivity contribution in [1.82, 2.24) is 5.32 Å². The lowest BCUT2D eigenvalue weighted by atomic mass is 10.1. The summed E-state index contributed by atoms with van der Waals surface area (Å²) in [6.07, 6.45) is 10.0. The van der Waals surface area contributed by atoms with Crippen LogP contribution in [0.2, 0.25) is 0 Å². The number of likely N-dealkylation sites (N-methyl/N-ethyl adjacent to an activating group) is 1. The van der Waals surface area contributed by atoms with Gasteiger partial charge in [-0.15, -0.1) is 0 Å². The summed E-state index contributed by atoms with van der Waals surface area (Å²) in [5.41, 5.74) is 0.506. The van der Waals surface area contributed by atoms with Crippen molar-refractivity contribution >= 4 is 11.9 Å². The lowest BCUT2D eigenvalue weighted by Crippen LogP contribution is -2.49. The van der Waals surface area contributed by atoms with Crippen molar-refractivity contribution in [3.63, 3.8) is 0 Å². The van der Waals surface area contributed by atoms with Crippen molar-refractivity contribution in [2.75, 3.05) is 34.3 Å². The van der Waals surface area contributed by atoms with E-state index in [-0.39, 0.29) is 12.3 Å². The molecular formula is C24H41N2O4+. The maximum Gasteiger partial charge on any atom is 0.305 e. The topological polar surface area (TPSA) is 75.6 Å². The average Bonchev–Trinajstić information content (AvgIpc) is 2.65. The van der Waals surface area contributed by atoms with E-state index in [4.69, 9.17) is 9.84 Å². The number of carboxylic acid groups (broad SMARTS) is 1. The molecule has 0 spiro atoms. The molecule has 1 amide bonds. The third-order valence-corrected chi connectivity index (χ3v) is 4.91. The number of benzene rings is 1. The molecule has 0 aliphatic heterocycles. The number of carbonyl (C=O) groups excluding carboxylic acids is 1. The Labute approximate surface area is 182 Å². The second-order valence-corrected chi connectivity index (χ2v) is 9.09. The first-order valence-corrected chi connectivity index (χ1v) is 11.3. The summed E-state index contributed by atoms with van der Waals surface area (Å²) in [5, 5.41) is 12.0. The number of ether oxygens (including phenoxy) is 1. The molecule has 1 atom stereocenters. The molecule has 0 fully saturated rings. The van der Waals surface area contributed by atoms with E-state index in [2.05, 4.69) is 12.2 Å². The number of aliphatic carboxylic acids is 1. The Bertz CT molecular complexity index is 623. The Morgan fingerprint density at radius 1 is 0.967 bits per heavy atom. The third-order valence-electron chi connectivity index (χ3n) is 4.91. The molecule has 1 rings (SSSR count).